The molecule has 0 radical (unpaired) electrons. The largest absolute Gasteiger partial charge is 0.349 e. The number of carbonyl (C=O) groups is 2. The number of nitrogens with zero attached hydrogens (tertiary/aromatic N) is 1. The molecule has 0 fully saturated rings. The van der Waals surface area contributed by atoms with Gasteiger partial charge in [-0.05, 0) is 80.8 Å². The van der Waals surface area contributed by atoms with Gasteiger partial charge in [0.1, 0.15) is 5.56 Å². The van der Waals surface area contributed by atoms with Crippen molar-refractivity contribution in [3.63, 3.8) is 0 Å². The van der Waals surface area contributed by atoms with Gasteiger partial charge in [0.05, 0.1) is 0 Å². The Labute approximate surface area is 210 Å². The lowest BCUT2D eigenvalue weighted by molar-refractivity contribution is 0.0936. The lowest BCUT2D eigenvalue weighted by atomic mass is 10.1. The molecule has 1 aromatic heterocycles. The number of nitrogens with one attached hydrogen (secondary N) is 2. The summed E-state index contributed by atoms with van der Waals surface area (Å²) in [5.41, 5.74) is 3.68. The molecule has 4 rings (SSSR count). The van der Waals surface area contributed by atoms with Gasteiger partial charge in [-0.3, -0.25) is 19.0 Å². The van der Waals surface area contributed by atoms with Crippen LogP contribution in [0.5, 0.6) is 0 Å². The van der Waals surface area contributed by atoms with Crippen LogP contribution in [-0.2, 0) is 6.42 Å². The molecule has 4 aromatic rings. The van der Waals surface area contributed by atoms with Crippen molar-refractivity contribution in [1.82, 2.24) is 9.88 Å². The average molecular weight is 480 g/mol. The number of hydrogen-bond acceptors (Lipinski definition) is 3. The minimum Gasteiger partial charge on any atom is -0.349 e. The standard InChI is InChI=1S/C30H29N3O3/c1-21-8-6-11-24(20-21)28(34)32-25-15-17-26(18-16-25)33-19-7-12-27(30(33)36)29(35)31-22(2)13-14-23-9-4-3-5-10-23/h3-12,15-20,22H,13-14H2,1-2H3,(H,31,35)(H,32,34)/t22-/m0/s1. The van der Waals surface area contributed by atoms with Crippen LogP contribution in [0.3, 0.4) is 0 Å². The Balaban J connectivity index is 1.42. The number of benzene rings is 3. The summed E-state index contributed by atoms with van der Waals surface area (Å²) >= 11 is 0. The molecule has 3 aromatic carbocycles. The molecule has 0 saturated heterocycles. The molecule has 0 bridgehead atoms. The Kier molecular flexibility index (Phi) is 7.75. The molecule has 0 unspecified atom stereocenters. The molecule has 0 spiro atoms. The van der Waals surface area contributed by atoms with Gasteiger partial charge >= 0.3 is 0 Å². The number of rotatable bonds is 8. The Morgan fingerprint density at radius 2 is 1.61 bits per heavy atom. The number of aromatic nitrogens is 1. The van der Waals surface area contributed by atoms with E-state index in [9.17, 15) is 14.4 Å². The van der Waals surface area contributed by atoms with Gasteiger partial charge in [0.15, 0.2) is 0 Å². The number of pyridine rings is 1. The van der Waals surface area contributed by atoms with Crippen LogP contribution in [0.1, 0.15) is 45.2 Å². The van der Waals surface area contributed by atoms with Crippen LogP contribution < -0.4 is 16.2 Å². The maximum absolute atomic E-state index is 13.1. The molecule has 0 aliphatic carbocycles. The normalized spacial score (nSPS) is 11.5. The van der Waals surface area contributed by atoms with Gasteiger partial charge < -0.3 is 10.6 Å². The lowest BCUT2D eigenvalue weighted by Crippen LogP contribution is -2.37. The van der Waals surface area contributed by atoms with E-state index in [1.807, 2.05) is 50.2 Å². The first-order chi connectivity index (χ1) is 17.4. The van der Waals surface area contributed by atoms with Crippen molar-refractivity contribution in [2.45, 2.75) is 32.7 Å². The first-order valence-corrected chi connectivity index (χ1v) is 12.0. The second-order valence-electron chi connectivity index (χ2n) is 8.87. The highest BCUT2D eigenvalue weighted by Crippen LogP contribution is 2.14. The molecule has 6 heteroatoms. The predicted molar refractivity (Wildman–Crippen MR) is 143 cm³/mol. The smallest absolute Gasteiger partial charge is 0.267 e. The number of hydrogen-bond donors (Lipinski definition) is 2. The molecular weight excluding hydrogens is 450 g/mol. The van der Waals surface area contributed by atoms with Crippen LogP contribution in [0.4, 0.5) is 5.69 Å². The number of amides is 2. The van der Waals surface area contributed by atoms with Gasteiger partial charge in [-0.1, -0.05) is 48.0 Å². The van der Waals surface area contributed by atoms with Gasteiger partial charge in [-0.25, -0.2) is 0 Å². The van der Waals surface area contributed by atoms with Crippen molar-refractivity contribution >= 4 is 17.5 Å². The van der Waals surface area contributed by atoms with Crippen LogP contribution in [0, 0.1) is 6.92 Å². The van der Waals surface area contributed by atoms with E-state index in [0.717, 1.165) is 18.4 Å². The summed E-state index contributed by atoms with van der Waals surface area (Å²) in [5.74, 6) is -0.597. The zero-order chi connectivity index (χ0) is 25.5. The highest BCUT2D eigenvalue weighted by atomic mass is 16.2. The molecule has 0 aliphatic heterocycles. The van der Waals surface area contributed by atoms with Crippen LogP contribution >= 0.6 is 0 Å². The molecule has 2 amide bonds. The zero-order valence-electron chi connectivity index (χ0n) is 20.4. The van der Waals surface area contributed by atoms with E-state index >= 15 is 0 Å². The summed E-state index contributed by atoms with van der Waals surface area (Å²) in [4.78, 5) is 38.4. The van der Waals surface area contributed by atoms with Crippen molar-refractivity contribution in [3.05, 3.63) is 130 Å². The van der Waals surface area contributed by atoms with Gasteiger partial charge in [0.25, 0.3) is 17.4 Å². The van der Waals surface area contributed by atoms with Crippen molar-refractivity contribution in [2.24, 2.45) is 0 Å². The topological polar surface area (TPSA) is 80.2 Å². The molecule has 0 aliphatic rings. The van der Waals surface area contributed by atoms with Crippen molar-refractivity contribution < 1.29 is 9.59 Å². The Morgan fingerprint density at radius 1 is 0.861 bits per heavy atom. The third kappa shape index (κ3) is 6.16. The maximum atomic E-state index is 13.1. The highest BCUT2D eigenvalue weighted by molar-refractivity contribution is 6.04. The maximum Gasteiger partial charge on any atom is 0.267 e. The Bertz CT molecular complexity index is 1410. The van der Waals surface area contributed by atoms with Crippen molar-refractivity contribution in [2.75, 3.05) is 5.32 Å². The fourth-order valence-electron chi connectivity index (χ4n) is 3.97. The summed E-state index contributed by atoms with van der Waals surface area (Å²) in [6, 6.07) is 27.5. The summed E-state index contributed by atoms with van der Waals surface area (Å²) in [6.07, 6.45) is 3.23. The van der Waals surface area contributed by atoms with Gasteiger partial charge in [-0.2, -0.15) is 0 Å². The summed E-state index contributed by atoms with van der Waals surface area (Å²) < 4.78 is 1.43. The molecule has 2 N–H and O–H groups in total. The summed E-state index contributed by atoms with van der Waals surface area (Å²) in [7, 11) is 0. The Hall–Kier alpha value is -4.45. The SMILES string of the molecule is Cc1cccc(C(=O)Nc2ccc(-n3cccc(C(=O)N[C@@H](C)CCc4ccccc4)c3=O)cc2)c1. The molecular formula is C30H29N3O3. The number of aryl methyl sites for hydroxylation is 2. The molecule has 1 atom stereocenters. The number of carbonyl (C=O) groups excluding carboxylic acids is 2. The molecule has 36 heavy (non-hydrogen) atoms. The minimum absolute atomic E-state index is 0.0814. The average Bonchev–Trinajstić information content (AvgIpc) is 2.89. The first-order valence-electron chi connectivity index (χ1n) is 12.0. The second-order valence-corrected chi connectivity index (χ2v) is 8.87. The van der Waals surface area contributed by atoms with E-state index in [1.54, 1.807) is 42.6 Å². The van der Waals surface area contributed by atoms with E-state index in [-0.39, 0.29) is 17.5 Å². The summed E-state index contributed by atoms with van der Waals surface area (Å²) in [6.45, 7) is 3.87. The molecule has 6 nitrogen and oxygen atoms in total. The molecule has 0 saturated carbocycles. The molecule has 1 heterocycles. The number of anilines is 1. The lowest BCUT2D eigenvalue weighted by Gasteiger charge is -2.15. The fraction of sp³-hybridized carbons (Fsp3) is 0.167. The van der Waals surface area contributed by atoms with E-state index in [2.05, 4.69) is 22.8 Å². The zero-order valence-corrected chi connectivity index (χ0v) is 20.4. The van der Waals surface area contributed by atoms with Crippen LogP contribution in [0.15, 0.2) is 102 Å². The van der Waals surface area contributed by atoms with Crippen molar-refractivity contribution in [3.8, 4) is 5.69 Å². The predicted octanol–water partition coefficient (Wildman–Crippen LogP) is 5.15. The van der Waals surface area contributed by atoms with Gasteiger partial charge in [0.2, 0.25) is 0 Å². The van der Waals surface area contributed by atoms with E-state index in [4.69, 9.17) is 0 Å². The first kappa shape index (κ1) is 24.7. The van der Waals surface area contributed by atoms with Crippen LogP contribution in [0.2, 0.25) is 0 Å². The highest BCUT2D eigenvalue weighted by Gasteiger charge is 2.15. The quantitative estimate of drug-likeness (QED) is 0.367. The fourth-order valence-corrected chi connectivity index (χ4v) is 3.97. The minimum atomic E-state index is -0.401. The third-order valence-electron chi connectivity index (χ3n) is 5.96. The van der Waals surface area contributed by atoms with E-state index < -0.39 is 11.5 Å². The van der Waals surface area contributed by atoms with E-state index in [0.29, 0.717) is 16.9 Å². The van der Waals surface area contributed by atoms with Crippen LogP contribution in [0.25, 0.3) is 5.69 Å². The molecule has 182 valence electrons. The van der Waals surface area contributed by atoms with E-state index in [1.165, 1.54) is 16.2 Å². The van der Waals surface area contributed by atoms with Crippen molar-refractivity contribution in [1.29, 1.82) is 0 Å². The van der Waals surface area contributed by atoms with Gasteiger partial charge in [-0.15, -0.1) is 0 Å². The monoisotopic (exact) mass is 479 g/mol. The summed E-state index contributed by atoms with van der Waals surface area (Å²) in [5, 5.41) is 5.80. The van der Waals surface area contributed by atoms with Crippen LogP contribution in [-0.4, -0.2) is 22.4 Å². The Morgan fingerprint density at radius 3 is 2.33 bits per heavy atom. The second kappa shape index (κ2) is 11.3. The third-order valence-corrected chi connectivity index (χ3v) is 5.96. The van der Waals surface area contributed by atoms with Gasteiger partial charge in [0, 0.05) is 29.2 Å².